The van der Waals surface area contributed by atoms with Crippen molar-refractivity contribution in [3.8, 4) is 0 Å². The van der Waals surface area contributed by atoms with Crippen molar-refractivity contribution in [2.24, 2.45) is 124 Å². The van der Waals surface area contributed by atoms with Crippen LogP contribution in [-0.4, -0.2) is 128 Å². The van der Waals surface area contributed by atoms with Crippen LogP contribution in [0.15, 0.2) is 0 Å². The molecule has 0 aromatic carbocycles. The molecule has 0 radical (unpaired) electrons. The van der Waals surface area contributed by atoms with Crippen LogP contribution in [0.25, 0.3) is 0 Å². The molecule has 762 valence electrons. The van der Waals surface area contributed by atoms with Gasteiger partial charge in [0.2, 0.25) is 0 Å². The molecule has 0 spiro atoms. The van der Waals surface area contributed by atoms with E-state index in [9.17, 15) is 0 Å². The van der Waals surface area contributed by atoms with Crippen molar-refractivity contribution in [3.05, 3.63) is 59.4 Å². The Morgan fingerprint density at radius 1 is 0.267 bits per heavy atom. The Morgan fingerprint density at radius 3 is 0.954 bits per heavy atom. The summed E-state index contributed by atoms with van der Waals surface area (Å²) >= 11 is -3.30. The van der Waals surface area contributed by atoms with Crippen LogP contribution < -0.4 is 0 Å². The molecule has 4 saturated heterocycles. The Kier molecular flexibility index (Phi) is 57.5. The van der Waals surface area contributed by atoms with E-state index in [0.717, 1.165) is 211 Å². The summed E-state index contributed by atoms with van der Waals surface area (Å²) in [5.41, 5.74) is 9.21. The van der Waals surface area contributed by atoms with Gasteiger partial charge < -0.3 is 59.4 Å². The molecule has 0 aromatic heterocycles. The molecule has 131 heavy (non-hydrogen) atoms. The Morgan fingerprint density at radius 2 is 0.565 bits per heavy atom. The second kappa shape index (κ2) is 58.8. The fourth-order valence-corrected chi connectivity index (χ4v) is 60.8. The van der Waals surface area contributed by atoms with Gasteiger partial charge in [-0.05, 0) is 293 Å². The molecular formula is C111H210Cl8N4Si4Zr4. The third-order valence-electron chi connectivity index (χ3n) is 43.9. The van der Waals surface area contributed by atoms with Gasteiger partial charge in [0, 0.05) is 48.3 Å². The number of likely N-dealkylation sites (tertiary alicyclic amines) is 4. The molecule has 4 aliphatic heterocycles. The summed E-state index contributed by atoms with van der Waals surface area (Å²) < 4.78 is 0. The third kappa shape index (κ3) is 27.0. The molecule has 20 heteroatoms. The summed E-state index contributed by atoms with van der Waals surface area (Å²) in [7, 11) is 42.3. The summed E-state index contributed by atoms with van der Waals surface area (Å²) in [6.45, 7) is 39.5. The molecule has 16 aliphatic carbocycles. The van der Waals surface area contributed by atoms with E-state index in [1.165, 1.54) is 141 Å². The Hall–Kier alpha value is 6.56. The number of rotatable bonds is 14. The van der Waals surface area contributed by atoms with Crippen LogP contribution in [0.1, 0.15) is 350 Å². The fraction of sp³-hybridized carbons (Fsp3) is 0.928. The predicted octanol–water partition coefficient (Wildman–Crippen LogP) is 38.0. The molecular weight excluding hydrogens is 2150 g/mol. The molecule has 20 aliphatic rings. The molecule has 4 nitrogen and oxygen atoms in total. The van der Waals surface area contributed by atoms with Crippen molar-refractivity contribution in [2.45, 2.75) is 495 Å². The summed E-state index contributed by atoms with van der Waals surface area (Å²) in [6, 6.07) is 7.66. The molecule has 0 bridgehead atoms. The molecule has 20 rings (SSSR count). The number of hydrogen-bond acceptors (Lipinski definition) is 4. The van der Waals surface area contributed by atoms with Gasteiger partial charge >= 0.3 is 151 Å². The standard InChI is InChI=1S/C28H51NSi.C27H49NSi.C25H45NSi.C23H41NSi.8CH3.8ClH.4Zr/c1-6-7-10-20-14-15-21(18-20)30(4,5)28-23-12-9-8-11-22(23)27-26(28)24-17-19(2)13-16-25(24)29(27)3;1-5-6-17-28-24-16-15-19(2)18-23(24)25-26(28)21-13-9-10-14-22(21)27(25)29(3,4)20-11-7-8-12-20;1-16-14-15-21-22-24(26(3)23(21)17(16)2)19-12-8-9-13-20(19)25(22)27(4,5)18-10-6-7-11-18;1-24-20-15-9-8-14-19(20)21-22(24)17-12-6-7-13-18(17)23(21)25(2,3)16-10-4-5-11-16;;;;;;;;;;;;;;;;;;;;/h19-28H,6-18H2,1-5H3;19-27H,5-18H2,1-4H3;16-25H,6-15H2,1-5H3;16-23H,4-15H2,1-3H3;8*1H3;8*1H;;;;/q;;;;8*-1;;;;;;;;;4*+4/p-8. The van der Waals surface area contributed by atoms with Gasteiger partial charge in [0.05, 0.1) is 32.3 Å². The van der Waals surface area contributed by atoms with Gasteiger partial charge in [-0.2, -0.15) is 0 Å². The molecule has 34 unspecified atom stereocenters. The maximum atomic E-state index is 4.93. The van der Waals surface area contributed by atoms with Crippen LogP contribution in [0.5, 0.6) is 0 Å². The summed E-state index contributed by atoms with van der Waals surface area (Å²) in [5.74, 6) is 22.2. The second-order valence-electron chi connectivity index (χ2n) is 49.8. The first kappa shape index (κ1) is 128. The van der Waals surface area contributed by atoms with E-state index < -0.39 is 116 Å². The molecule has 16 saturated carbocycles. The van der Waals surface area contributed by atoms with Gasteiger partial charge in [-0.3, -0.25) is 19.6 Å². The zero-order valence-corrected chi connectivity index (χ0v) is 110. The van der Waals surface area contributed by atoms with Gasteiger partial charge in [0.15, 0.2) is 0 Å². The zero-order valence-electron chi connectivity index (χ0n) is 89.8. The van der Waals surface area contributed by atoms with Crippen molar-refractivity contribution in [2.75, 3.05) is 27.7 Å². The van der Waals surface area contributed by atoms with E-state index in [2.05, 4.69) is 135 Å². The van der Waals surface area contributed by atoms with Gasteiger partial charge in [0.25, 0.3) is 0 Å². The first-order valence-electron chi connectivity index (χ1n) is 53.9. The molecule has 0 amide bonds. The van der Waals surface area contributed by atoms with E-state index in [-0.39, 0.29) is 59.4 Å². The van der Waals surface area contributed by atoms with Gasteiger partial charge in [-0.1, -0.05) is 306 Å². The monoisotopic (exact) mass is 2350 g/mol. The average Bonchev–Trinajstić information content (AvgIpc) is 1.55. The molecule has 20 fully saturated rings. The number of fused-ring (bicyclic) bond motifs is 20. The van der Waals surface area contributed by atoms with E-state index in [4.69, 9.17) is 68.1 Å². The predicted molar refractivity (Wildman–Crippen MR) is 587 cm³/mol. The van der Waals surface area contributed by atoms with Gasteiger partial charge in [-0.15, -0.1) is 0 Å². The fourth-order valence-electron chi connectivity index (χ4n) is 39.3. The van der Waals surface area contributed by atoms with Crippen LogP contribution in [0, 0.1) is 184 Å². The topological polar surface area (TPSA) is 13.0 Å². The summed E-state index contributed by atoms with van der Waals surface area (Å²) in [5, 5.41) is 0. The van der Waals surface area contributed by atoms with Crippen molar-refractivity contribution < 1.29 is 83.4 Å². The second-order valence-corrected chi connectivity index (χ2v) is 85.3. The molecule has 0 N–H and O–H groups in total. The van der Waals surface area contributed by atoms with Crippen LogP contribution in [0.3, 0.4) is 0 Å². The SMILES string of the molecule is CC1CCC2C3C(C4CCCCC4C3[Si](C)(C)C3CCCC3)N(C)C2C1C.CCCCC1CCC([Si](C)(C)C2C3CCCCC3C3C2C2CC(C)CCC2N3C)C1.CCCCN1C2CCC(C)CC2C2C1C1CCCCC1C2[Si](C)(C)C1CCCC1.CN1C2CCCCC2C2C1C1CCCCC1C2[Si](C)(C)C1CCCC1.[CH3-].[CH3-].[CH3-].[CH3-].[CH3-].[CH3-].[CH3-].[CH3-].[Cl][Zr+2][Cl].[Cl][Zr+2][Cl].[Cl][Zr+2][Cl].[Cl][Zr+2][Cl]. The van der Waals surface area contributed by atoms with Crippen LogP contribution in [-0.2, 0) is 83.4 Å². The molecule has 0 aromatic rings. The van der Waals surface area contributed by atoms with Crippen molar-refractivity contribution in [3.63, 3.8) is 0 Å². The summed E-state index contributed by atoms with van der Waals surface area (Å²) in [6.07, 6.45) is 74.1. The van der Waals surface area contributed by atoms with Crippen molar-refractivity contribution >= 4 is 100 Å². The number of nitrogens with zero attached hydrogens (tertiary/aromatic N) is 4. The van der Waals surface area contributed by atoms with E-state index in [0.29, 0.717) is 0 Å². The van der Waals surface area contributed by atoms with Crippen LogP contribution >= 0.6 is 68.1 Å². The van der Waals surface area contributed by atoms with E-state index in [1.54, 1.807) is 180 Å². The number of halogens is 8. The Labute approximate surface area is 898 Å². The maximum absolute atomic E-state index is 4.93. The van der Waals surface area contributed by atoms with E-state index >= 15 is 0 Å². The minimum atomic E-state index is -1.27. The van der Waals surface area contributed by atoms with Crippen LogP contribution in [0.4, 0.5) is 0 Å². The van der Waals surface area contributed by atoms with Gasteiger partial charge in [0.1, 0.15) is 0 Å². The normalized spacial score (nSPS) is 41.5. The number of unbranched alkanes of at least 4 members (excludes halogenated alkanes) is 2. The zero-order chi connectivity index (χ0) is 88.1. The molecule has 34 atom stereocenters. The Balaban J connectivity index is 0.000000291. The minimum absolute atomic E-state index is 0. The number of hydrogen-bond donors (Lipinski definition) is 0. The first-order valence-corrected chi connectivity index (χ1v) is 91.9. The molecule has 4 heterocycles. The quantitative estimate of drug-likeness (QED) is 0.127. The van der Waals surface area contributed by atoms with Gasteiger partial charge in [-0.25, -0.2) is 0 Å². The Bertz CT molecular complexity index is 3130. The van der Waals surface area contributed by atoms with E-state index in [1.807, 2.05) is 0 Å². The van der Waals surface area contributed by atoms with Crippen molar-refractivity contribution in [1.82, 2.24) is 19.6 Å². The first-order chi connectivity index (χ1) is 59.2. The van der Waals surface area contributed by atoms with Crippen LogP contribution in [0.2, 0.25) is 96.7 Å². The summed E-state index contributed by atoms with van der Waals surface area (Å²) in [4.78, 5) is 12.1. The van der Waals surface area contributed by atoms with Crippen molar-refractivity contribution in [1.29, 1.82) is 0 Å². The third-order valence-corrected chi connectivity index (χ3v) is 64.7. The average molecular weight is 2360 g/mol.